The van der Waals surface area contributed by atoms with Crippen molar-refractivity contribution in [3.63, 3.8) is 0 Å². The highest BCUT2D eigenvalue weighted by molar-refractivity contribution is 8.00. The average Bonchev–Trinajstić information content (AvgIpc) is 2.35. The number of ether oxygens (including phenoxy) is 1. The van der Waals surface area contributed by atoms with Crippen LogP contribution in [0.1, 0.15) is 13.3 Å². The van der Waals surface area contributed by atoms with E-state index in [1.165, 1.54) is 11.8 Å². The first kappa shape index (κ1) is 13.9. The highest BCUT2D eigenvalue weighted by atomic mass is 32.2. The van der Waals surface area contributed by atoms with Gasteiger partial charge in [0.05, 0.1) is 5.25 Å². The second-order valence-corrected chi connectivity index (χ2v) is 4.74. The molecule has 6 heteroatoms. The van der Waals surface area contributed by atoms with E-state index in [1.807, 2.05) is 6.92 Å². The summed E-state index contributed by atoms with van der Waals surface area (Å²) in [4.78, 5) is 19.8. The fourth-order valence-electron chi connectivity index (χ4n) is 1.13. The van der Waals surface area contributed by atoms with Crippen LogP contribution in [0.25, 0.3) is 0 Å². The summed E-state index contributed by atoms with van der Waals surface area (Å²) in [6, 6.07) is 1.75. The summed E-state index contributed by atoms with van der Waals surface area (Å²) in [6.45, 7) is 3.13. The van der Waals surface area contributed by atoms with Gasteiger partial charge in [-0.2, -0.15) is 0 Å². The molecule has 0 saturated carbocycles. The standard InChI is InChI=1S/C11H17N3O2S/c1-9(10(15)12-7-4-8-16-2)17-11-13-5-3-6-14-11/h3,5-6,9H,4,7-8H2,1-2H3,(H,12,15)/t9-/m0/s1. The zero-order valence-corrected chi connectivity index (χ0v) is 10.9. The Labute approximate surface area is 105 Å². The molecule has 0 aliphatic heterocycles. The lowest BCUT2D eigenvalue weighted by molar-refractivity contribution is -0.120. The minimum atomic E-state index is -0.194. The van der Waals surface area contributed by atoms with Gasteiger partial charge < -0.3 is 10.1 Å². The lowest BCUT2D eigenvalue weighted by atomic mass is 10.4. The molecule has 1 rings (SSSR count). The van der Waals surface area contributed by atoms with E-state index < -0.39 is 0 Å². The van der Waals surface area contributed by atoms with Gasteiger partial charge in [0.25, 0.3) is 0 Å². The van der Waals surface area contributed by atoms with Crippen LogP contribution >= 0.6 is 11.8 Å². The van der Waals surface area contributed by atoms with Crippen molar-refractivity contribution in [2.24, 2.45) is 0 Å². The Kier molecular flexibility index (Phi) is 6.57. The third-order valence-corrected chi connectivity index (χ3v) is 3.01. The maximum Gasteiger partial charge on any atom is 0.233 e. The summed E-state index contributed by atoms with van der Waals surface area (Å²) in [5, 5.41) is 3.27. The SMILES string of the molecule is COCCCNC(=O)[C@H](C)Sc1ncccn1. The molecule has 0 aliphatic carbocycles. The third kappa shape index (κ3) is 5.65. The molecule has 0 bridgehead atoms. The number of rotatable bonds is 7. The number of thioether (sulfide) groups is 1. The molecule has 17 heavy (non-hydrogen) atoms. The molecule has 0 aliphatic rings. The summed E-state index contributed by atoms with van der Waals surface area (Å²) >= 11 is 1.35. The first-order valence-corrected chi connectivity index (χ1v) is 6.32. The van der Waals surface area contributed by atoms with Crippen molar-refractivity contribution in [2.45, 2.75) is 23.8 Å². The van der Waals surface area contributed by atoms with E-state index in [-0.39, 0.29) is 11.2 Å². The molecular weight excluding hydrogens is 238 g/mol. The number of aromatic nitrogens is 2. The van der Waals surface area contributed by atoms with Gasteiger partial charge in [-0.25, -0.2) is 9.97 Å². The predicted molar refractivity (Wildman–Crippen MR) is 66.9 cm³/mol. The highest BCUT2D eigenvalue weighted by Gasteiger charge is 2.14. The number of carbonyl (C=O) groups excluding carboxylic acids is 1. The number of hydrogen-bond acceptors (Lipinski definition) is 5. The second kappa shape index (κ2) is 8.03. The number of carbonyl (C=O) groups is 1. The fourth-order valence-corrected chi connectivity index (χ4v) is 1.88. The predicted octanol–water partition coefficient (Wildman–Crippen LogP) is 1.11. The fraction of sp³-hybridized carbons (Fsp3) is 0.545. The van der Waals surface area contributed by atoms with Crippen molar-refractivity contribution in [1.82, 2.24) is 15.3 Å². The van der Waals surface area contributed by atoms with Crippen molar-refractivity contribution in [3.05, 3.63) is 18.5 Å². The zero-order valence-electron chi connectivity index (χ0n) is 10.0. The lowest BCUT2D eigenvalue weighted by Gasteiger charge is -2.10. The highest BCUT2D eigenvalue weighted by Crippen LogP contribution is 2.17. The summed E-state index contributed by atoms with van der Waals surface area (Å²) in [6.07, 6.45) is 4.15. The molecule has 1 heterocycles. The lowest BCUT2D eigenvalue weighted by Crippen LogP contribution is -2.32. The molecule has 0 saturated heterocycles. The average molecular weight is 255 g/mol. The van der Waals surface area contributed by atoms with Crippen molar-refractivity contribution >= 4 is 17.7 Å². The largest absolute Gasteiger partial charge is 0.385 e. The van der Waals surface area contributed by atoms with E-state index in [4.69, 9.17) is 4.74 Å². The van der Waals surface area contributed by atoms with E-state index in [2.05, 4.69) is 15.3 Å². The minimum absolute atomic E-state index is 0.00134. The summed E-state index contributed by atoms with van der Waals surface area (Å²) in [5.41, 5.74) is 0. The molecule has 0 fully saturated rings. The quantitative estimate of drug-likeness (QED) is 0.449. The van der Waals surface area contributed by atoms with Crippen LogP contribution in [0.5, 0.6) is 0 Å². The first-order valence-electron chi connectivity index (χ1n) is 5.44. The number of amides is 1. The van der Waals surface area contributed by atoms with Crippen LogP contribution in [0.2, 0.25) is 0 Å². The van der Waals surface area contributed by atoms with E-state index in [1.54, 1.807) is 25.6 Å². The van der Waals surface area contributed by atoms with Gasteiger partial charge in [-0.05, 0) is 19.4 Å². The van der Waals surface area contributed by atoms with Gasteiger partial charge in [-0.15, -0.1) is 0 Å². The first-order chi connectivity index (χ1) is 8.24. The number of nitrogens with one attached hydrogen (secondary N) is 1. The third-order valence-electron chi connectivity index (χ3n) is 2.02. The zero-order chi connectivity index (χ0) is 12.5. The summed E-state index contributed by atoms with van der Waals surface area (Å²) in [5.74, 6) is -0.00134. The van der Waals surface area contributed by atoms with E-state index >= 15 is 0 Å². The van der Waals surface area contributed by atoms with Crippen LogP contribution < -0.4 is 5.32 Å². The Hall–Kier alpha value is -1.14. The van der Waals surface area contributed by atoms with Gasteiger partial charge in [0.2, 0.25) is 5.91 Å². The van der Waals surface area contributed by atoms with Gasteiger partial charge in [-0.3, -0.25) is 4.79 Å². The molecule has 5 nitrogen and oxygen atoms in total. The van der Waals surface area contributed by atoms with Crippen molar-refractivity contribution < 1.29 is 9.53 Å². The Morgan fingerprint density at radius 3 is 2.88 bits per heavy atom. The van der Waals surface area contributed by atoms with Gasteiger partial charge in [0.1, 0.15) is 0 Å². The summed E-state index contributed by atoms with van der Waals surface area (Å²) in [7, 11) is 1.65. The maximum atomic E-state index is 11.7. The molecule has 0 radical (unpaired) electrons. The van der Waals surface area contributed by atoms with Crippen LogP contribution in [-0.2, 0) is 9.53 Å². The van der Waals surface area contributed by atoms with Crippen LogP contribution in [0, 0.1) is 0 Å². The van der Waals surface area contributed by atoms with Gasteiger partial charge >= 0.3 is 0 Å². The Morgan fingerprint density at radius 1 is 1.53 bits per heavy atom. The molecule has 94 valence electrons. The Bertz CT molecular complexity index is 335. The molecule has 1 aromatic heterocycles. The molecule has 1 aromatic rings. The minimum Gasteiger partial charge on any atom is -0.385 e. The molecular formula is C11H17N3O2S. The van der Waals surface area contributed by atoms with Crippen molar-refractivity contribution in [3.8, 4) is 0 Å². The van der Waals surface area contributed by atoms with Crippen molar-refractivity contribution in [2.75, 3.05) is 20.3 Å². The number of hydrogen-bond donors (Lipinski definition) is 1. The monoisotopic (exact) mass is 255 g/mol. The van der Waals surface area contributed by atoms with Gasteiger partial charge in [0.15, 0.2) is 5.16 Å². The van der Waals surface area contributed by atoms with E-state index in [0.29, 0.717) is 18.3 Å². The number of nitrogens with zero attached hydrogens (tertiary/aromatic N) is 2. The molecule has 1 amide bonds. The van der Waals surface area contributed by atoms with Crippen molar-refractivity contribution in [1.29, 1.82) is 0 Å². The molecule has 1 atom stereocenters. The molecule has 0 spiro atoms. The normalized spacial score (nSPS) is 12.1. The summed E-state index contributed by atoms with van der Waals surface area (Å²) < 4.78 is 4.90. The Balaban J connectivity index is 2.27. The molecule has 1 N–H and O–H groups in total. The van der Waals surface area contributed by atoms with Gasteiger partial charge in [-0.1, -0.05) is 11.8 Å². The molecule has 0 aromatic carbocycles. The second-order valence-electron chi connectivity index (χ2n) is 3.43. The van der Waals surface area contributed by atoms with Crippen LogP contribution in [-0.4, -0.2) is 41.4 Å². The smallest absolute Gasteiger partial charge is 0.233 e. The topological polar surface area (TPSA) is 64.1 Å². The van der Waals surface area contributed by atoms with Crippen LogP contribution in [0.4, 0.5) is 0 Å². The van der Waals surface area contributed by atoms with Crippen LogP contribution in [0.15, 0.2) is 23.6 Å². The Morgan fingerprint density at radius 2 is 2.24 bits per heavy atom. The van der Waals surface area contributed by atoms with Gasteiger partial charge in [0, 0.05) is 32.7 Å². The molecule has 0 unspecified atom stereocenters. The van der Waals surface area contributed by atoms with Crippen LogP contribution in [0.3, 0.4) is 0 Å². The van der Waals surface area contributed by atoms with E-state index in [0.717, 1.165) is 6.42 Å². The maximum absolute atomic E-state index is 11.7. The van der Waals surface area contributed by atoms with E-state index in [9.17, 15) is 4.79 Å². The number of methoxy groups -OCH3 is 1.